The third-order valence-corrected chi connectivity index (χ3v) is 4.59. The highest BCUT2D eigenvalue weighted by molar-refractivity contribution is 6.13. The smallest absolute Gasteiger partial charge is 0.291 e. The van der Waals surface area contributed by atoms with Crippen LogP contribution in [0.15, 0.2) is 33.1 Å². The molecule has 3 amide bonds. The largest absolute Gasteiger partial charge is 0.454 e. The van der Waals surface area contributed by atoms with Crippen LogP contribution in [0.5, 0.6) is 0 Å². The third kappa shape index (κ3) is 3.62. The van der Waals surface area contributed by atoms with Crippen LogP contribution >= 0.6 is 0 Å². The number of furan rings is 2. The van der Waals surface area contributed by atoms with Crippen molar-refractivity contribution in [2.75, 3.05) is 25.0 Å². The van der Waals surface area contributed by atoms with Crippen LogP contribution in [-0.4, -0.2) is 42.3 Å². The van der Waals surface area contributed by atoms with Gasteiger partial charge in [0.25, 0.3) is 11.8 Å². The number of fused-ring (bicyclic) bond motifs is 1. The molecule has 11 heteroatoms. The number of hydrogen-bond donors (Lipinski definition) is 3. The van der Waals surface area contributed by atoms with Gasteiger partial charge in [-0.25, -0.2) is 8.78 Å². The maximum atomic E-state index is 14.0. The second-order valence-electron chi connectivity index (χ2n) is 6.65. The van der Waals surface area contributed by atoms with Gasteiger partial charge in [-0.3, -0.25) is 14.4 Å². The molecule has 1 aromatic carbocycles. The Morgan fingerprint density at radius 3 is 2.77 bits per heavy atom. The van der Waals surface area contributed by atoms with Gasteiger partial charge in [-0.1, -0.05) is 0 Å². The van der Waals surface area contributed by atoms with Crippen LogP contribution in [0.1, 0.15) is 26.9 Å². The second-order valence-corrected chi connectivity index (χ2v) is 6.65. The molecule has 30 heavy (non-hydrogen) atoms. The lowest BCUT2D eigenvalue weighted by Crippen LogP contribution is -2.47. The zero-order valence-electron chi connectivity index (χ0n) is 15.5. The minimum Gasteiger partial charge on any atom is -0.454 e. The highest BCUT2D eigenvalue weighted by atomic mass is 19.1. The van der Waals surface area contributed by atoms with Gasteiger partial charge in [0, 0.05) is 19.2 Å². The first-order chi connectivity index (χ1) is 14.3. The molecule has 4 rings (SSSR count). The molecule has 0 saturated carbocycles. The molecule has 0 atom stereocenters. The van der Waals surface area contributed by atoms with Crippen LogP contribution in [0.4, 0.5) is 14.5 Å². The molecule has 0 radical (unpaired) electrons. The number of rotatable bonds is 5. The molecule has 2 aromatic heterocycles. The van der Waals surface area contributed by atoms with E-state index in [9.17, 15) is 23.2 Å². The van der Waals surface area contributed by atoms with Gasteiger partial charge in [-0.2, -0.15) is 0 Å². The predicted molar refractivity (Wildman–Crippen MR) is 99.6 cm³/mol. The minimum absolute atomic E-state index is 0.0938. The van der Waals surface area contributed by atoms with Crippen molar-refractivity contribution in [1.29, 1.82) is 0 Å². The molecule has 1 aliphatic rings. The number of carbonyl (C=O) groups is 3. The summed E-state index contributed by atoms with van der Waals surface area (Å²) in [6, 6.07) is 4.41. The summed E-state index contributed by atoms with van der Waals surface area (Å²) in [4.78, 5) is 37.7. The quantitative estimate of drug-likeness (QED) is 0.577. The fourth-order valence-electron chi connectivity index (χ4n) is 3.18. The van der Waals surface area contributed by atoms with Crippen molar-refractivity contribution in [2.24, 2.45) is 5.73 Å². The molecule has 0 unspecified atom stereocenters. The number of piperazine rings is 1. The molecule has 0 spiro atoms. The number of nitrogens with zero attached hydrogens (tertiary/aromatic N) is 1. The number of hydrogen-bond acceptors (Lipinski definition) is 6. The highest BCUT2D eigenvalue weighted by Gasteiger charge is 2.25. The summed E-state index contributed by atoms with van der Waals surface area (Å²) < 4.78 is 38.2. The van der Waals surface area contributed by atoms with E-state index in [4.69, 9.17) is 14.6 Å². The monoisotopic (exact) mass is 418 g/mol. The Morgan fingerprint density at radius 2 is 2.03 bits per heavy atom. The van der Waals surface area contributed by atoms with Crippen molar-refractivity contribution < 1.29 is 32.0 Å². The maximum Gasteiger partial charge on any atom is 0.291 e. The van der Waals surface area contributed by atoms with Crippen LogP contribution < -0.4 is 16.4 Å². The van der Waals surface area contributed by atoms with Crippen LogP contribution in [0.25, 0.3) is 11.0 Å². The van der Waals surface area contributed by atoms with Crippen molar-refractivity contribution in [3.63, 3.8) is 0 Å². The number of benzene rings is 1. The lowest BCUT2D eigenvalue weighted by Gasteiger charge is -2.26. The number of carbonyl (C=O) groups excluding carboxylic acids is 3. The lowest BCUT2D eigenvalue weighted by molar-refractivity contribution is -0.132. The molecule has 156 valence electrons. The Morgan fingerprint density at radius 1 is 1.23 bits per heavy atom. The molecule has 1 saturated heterocycles. The molecule has 3 aromatic rings. The van der Waals surface area contributed by atoms with Crippen molar-refractivity contribution in [3.05, 3.63) is 53.2 Å². The minimum atomic E-state index is -1.07. The number of nitrogens with one attached hydrogen (secondary N) is 2. The van der Waals surface area contributed by atoms with E-state index in [-0.39, 0.29) is 35.8 Å². The highest BCUT2D eigenvalue weighted by Crippen LogP contribution is 2.33. The van der Waals surface area contributed by atoms with E-state index in [0.717, 1.165) is 6.07 Å². The number of anilines is 1. The second kappa shape index (κ2) is 7.59. The summed E-state index contributed by atoms with van der Waals surface area (Å²) in [6.07, 6.45) is 0. The Hall–Kier alpha value is -3.73. The molecule has 3 heterocycles. The van der Waals surface area contributed by atoms with Crippen LogP contribution in [0, 0.1) is 11.6 Å². The number of amides is 3. The standard InChI is InChI=1S/C19H16F2N4O5/c20-9-5-11-15(17(18(22)27)30-16(11)12(21)6-9)24-19(28)13-2-1-10(29-13)8-25-4-3-23-7-14(25)26/h1-2,5-6,23H,3-4,7-8H2,(H2,22,27)(H,24,28). The topological polar surface area (TPSA) is 131 Å². The molecular weight excluding hydrogens is 402 g/mol. The van der Waals surface area contributed by atoms with Gasteiger partial charge in [-0.05, 0) is 18.2 Å². The fraction of sp³-hybridized carbons (Fsp3) is 0.211. The Balaban J connectivity index is 1.59. The van der Waals surface area contributed by atoms with Crippen molar-refractivity contribution in [3.8, 4) is 0 Å². The number of nitrogens with two attached hydrogens (primary N) is 1. The van der Waals surface area contributed by atoms with Gasteiger partial charge < -0.3 is 30.1 Å². The number of halogens is 2. The molecule has 9 nitrogen and oxygen atoms in total. The Bertz CT molecular complexity index is 1170. The summed E-state index contributed by atoms with van der Waals surface area (Å²) in [6.45, 7) is 1.56. The summed E-state index contributed by atoms with van der Waals surface area (Å²) >= 11 is 0. The Labute approximate surface area is 167 Å². The Kier molecular flexibility index (Phi) is 4.96. The van der Waals surface area contributed by atoms with Crippen molar-refractivity contribution >= 4 is 34.4 Å². The molecule has 0 bridgehead atoms. The zero-order chi connectivity index (χ0) is 21.4. The van der Waals surface area contributed by atoms with Crippen molar-refractivity contribution in [2.45, 2.75) is 6.54 Å². The molecule has 4 N–H and O–H groups in total. The first-order valence-corrected chi connectivity index (χ1v) is 8.93. The molecule has 1 aliphatic heterocycles. The van der Waals surface area contributed by atoms with Crippen LogP contribution in [0.2, 0.25) is 0 Å². The van der Waals surface area contributed by atoms with E-state index in [1.807, 2.05) is 0 Å². The summed E-state index contributed by atoms with van der Waals surface area (Å²) in [5, 5.41) is 5.15. The van der Waals surface area contributed by atoms with Gasteiger partial charge >= 0.3 is 0 Å². The van der Waals surface area contributed by atoms with E-state index < -0.39 is 34.8 Å². The first kappa shape index (κ1) is 19.6. The summed E-state index contributed by atoms with van der Waals surface area (Å²) in [7, 11) is 0. The van der Waals surface area contributed by atoms with E-state index in [1.165, 1.54) is 12.1 Å². The average Bonchev–Trinajstić information content (AvgIpc) is 3.29. The fourth-order valence-corrected chi connectivity index (χ4v) is 3.18. The molecule has 1 fully saturated rings. The summed E-state index contributed by atoms with van der Waals surface area (Å²) in [5.74, 6) is -4.21. The SMILES string of the molecule is NC(=O)c1oc2c(F)cc(F)cc2c1NC(=O)c1ccc(CN2CCNCC2=O)o1. The third-order valence-electron chi connectivity index (χ3n) is 4.59. The van der Waals surface area contributed by atoms with Gasteiger partial charge in [0.05, 0.1) is 18.5 Å². The zero-order valence-corrected chi connectivity index (χ0v) is 15.5. The maximum absolute atomic E-state index is 14.0. The van der Waals surface area contributed by atoms with Gasteiger partial charge in [0.15, 0.2) is 17.2 Å². The summed E-state index contributed by atoms with van der Waals surface area (Å²) in [5.41, 5.74) is 4.55. The molecular formula is C19H16F2N4O5. The van der Waals surface area contributed by atoms with E-state index in [1.54, 1.807) is 4.90 Å². The molecule has 0 aliphatic carbocycles. The van der Waals surface area contributed by atoms with Gasteiger partial charge in [0.2, 0.25) is 11.7 Å². The lowest BCUT2D eigenvalue weighted by atomic mass is 10.2. The predicted octanol–water partition coefficient (Wildman–Crippen LogP) is 1.59. The number of primary amides is 1. The van der Waals surface area contributed by atoms with E-state index in [2.05, 4.69) is 10.6 Å². The van der Waals surface area contributed by atoms with E-state index in [0.29, 0.717) is 24.9 Å². The van der Waals surface area contributed by atoms with Crippen molar-refractivity contribution in [1.82, 2.24) is 10.2 Å². The van der Waals surface area contributed by atoms with Crippen LogP contribution in [0.3, 0.4) is 0 Å². The first-order valence-electron chi connectivity index (χ1n) is 8.93. The normalized spacial score (nSPS) is 14.3. The van der Waals surface area contributed by atoms with Crippen LogP contribution in [-0.2, 0) is 11.3 Å². The average molecular weight is 418 g/mol. The van der Waals surface area contributed by atoms with Gasteiger partial charge in [0.1, 0.15) is 17.3 Å². The van der Waals surface area contributed by atoms with Gasteiger partial charge in [-0.15, -0.1) is 0 Å². The van der Waals surface area contributed by atoms with E-state index >= 15 is 0 Å².